The van der Waals surface area contributed by atoms with Crippen molar-refractivity contribution >= 4 is 23.0 Å². The van der Waals surface area contributed by atoms with Gasteiger partial charge in [0.05, 0.1) is 11.4 Å². The fraction of sp³-hybridized carbons (Fsp3) is 0.409. The Labute approximate surface area is 162 Å². The van der Waals surface area contributed by atoms with Crippen molar-refractivity contribution in [3.05, 3.63) is 53.6 Å². The minimum atomic E-state index is -0.117. The van der Waals surface area contributed by atoms with Gasteiger partial charge in [0.15, 0.2) is 0 Å². The van der Waals surface area contributed by atoms with E-state index in [4.69, 9.17) is 5.73 Å². The van der Waals surface area contributed by atoms with E-state index < -0.39 is 0 Å². The van der Waals surface area contributed by atoms with Crippen molar-refractivity contribution in [3.63, 3.8) is 0 Å². The van der Waals surface area contributed by atoms with Gasteiger partial charge in [-0.1, -0.05) is 32.9 Å². The van der Waals surface area contributed by atoms with E-state index in [1.807, 2.05) is 42.5 Å². The molecular formula is C22H30N4O. The highest BCUT2D eigenvalue weighted by Crippen LogP contribution is 2.28. The van der Waals surface area contributed by atoms with Gasteiger partial charge in [-0.15, -0.1) is 0 Å². The smallest absolute Gasteiger partial charge is 0.255 e. The molecule has 0 saturated carbocycles. The number of nitrogen functional groups attached to an aromatic ring is 1. The predicted molar refractivity (Wildman–Crippen MR) is 114 cm³/mol. The molecule has 3 N–H and O–H groups in total. The lowest BCUT2D eigenvalue weighted by atomic mass is 10.0. The number of hydrogen-bond donors (Lipinski definition) is 2. The van der Waals surface area contributed by atoms with Crippen LogP contribution in [0.2, 0.25) is 0 Å². The van der Waals surface area contributed by atoms with Crippen LogP contribution < -0.4 is 16.0 Å². The molecule has 2 aromatic carbocycles. The third-order valence-electron chi connectivity index (χ3n) is 5.29. The first-order valence-electron chi connectivity index (χ1n) is 9.76. The molecule has 3 rings (SSSR count). The lowest BCUT2D eigenvalue weighted by molar-refractivity contribution is 0.102. The zero-order chi connectivity index (χ0) is 19.4. The van der Waals surface area contributed by atoms with Gasteiger partial charge in [0.25, 0.3) is 5.91 Å². The number of likely N-dealkylation sites (N-methyl/N-ethyl adjacent to an activating group) is 1. The van der Waals surface area contributed by atoms with Crippen LogP contribution in [0.1, 0.15) is 42.6 Å². The Morgan fingerprint density at radius 2 is 1.74 bits per heavy atom. The number of hydrogen-bond acceptors (Lipinski definition) is 4. The van der Waals surface area contributed by atoms with Crippen LogP contribution in [0.4, 0.5) is 17.1 Å². The van der Waals surface area contributed by atoms with Crippen molar-refractivity contribution in [3.8, 4) is 0 Å². The highest BCUT2D eigenvalue weighted by Gasteiger charge is 2.18. The molecule has 1 heterocycles. The van der Waals surface area contributed by atoms with Crippen LogP contribution in [0.5, 0.6) is 0 Å². The number of nitrogens with one attached hydrogen (secondary N) is 1. The van der Waals surface area contributed by atoms with Crippen LogP contribution >= 0.6 is 0 Å². The van der Waals surface area contributed by atoms with Crippen molar-refractivity contribution < 1.29 is 4.79 Å². The van der Waals surface area contributed by atoms with E-state index in [0.717, 1.165) is 44.1 Å². The molecule has 1 aliphatic heterocycles. The molecule has 0 aliphatic carbocycles. The monoisotopic (exact) mass is 366 g/mol. The Bertz CT molecular complexity index is 777. The Kier molecular flexibility index (Phi) is 6.01. The van der Waals surface area contributed by atoms with Crippen molar-refractivity contribution in [1.29, 1.82) is 0 Å². The first-order chi connectivity index (χ1) is 13.0. The molecule has 5 nitrogen and oxygen atoms in total. The van der Waals surface area contributed by atoms with E-state index in [-0.39, 0.29) is 5.91 Å². The van der Waals surface area contributed by atoms with Gasteiger partial charge in [-0.05, 0) is 48.4 Å². The van der Waals surface area contributed by atoms with Crippen molar-refractivity contribution in [2.45, 2.75) is 26.7 Å². The van der Waals surface area contributed by atoms with Gasteiger partial charge >= 0.3 is 0 Å². The second kappa shape index (κ2) is 8.44. The Morgan fingerprint density at radius 1 is 1.07 bits per heavy atom. The largest absolute Gasteiger partial charge is 0.397 e. The highest BCUT2D eigenvalue weighted by molar-refractivity contribution is 6.04. The molecule has 0 unspecified atom stereocenters. The van der Waals surface area contributed by atoms with Gasteiger partial charge in [0.1, 0.15) is 0 Å². The summed E-state index contributed by atoms with van der Waals surface area (Å²) in [6.07, 6.45) is 0. The minimum absolute atomic E-state index is 0.117. The van der Waals surface area contributed by atoms with Crippen molar-refractivity contribution in [2.24, 2.45) is 0 Å². The number of anilines is 3. The number of piperazine rings is 1. The maximum Gasteiger partial charge on any atom is 0.255 e. The van der Waals surface area contributed by atoms with E-state index >= 15 is 0 Å². The summed E-state index contributed by atoms with van der Waals surface area (Å²) in [6, 6.07) is 13.5. The molecule has 0 atom stereocenters. The molecule has 0 aromatic heterocycles. The Balaban J connectivity index is 1.66. The Morgan fingerprint density at radius 3 is 2.30 bits per heavy atom. The standard InChI is InChI=1S/C22H30N4O/c1-4-25-11-13-26(14-12-25)21-10-9-19(15-20(21)23)24-22(27)18-7-5-17(6-8-18)16(2)3/h5-10,15-16H,4,11-14,23H2,1-3H3,(H,24,27). The van der Waals surface area contributed by atoms with Gasteiger partial charge in [0, 0.05) is 37.4 Å². The van der Waals surface area contributed by atoms with Gasteiger partial charge < -0.3 is 20.9 Å². The van der Waals surface area contributed by atoms with Gasteiger partial charge in [0.2, 0.25) is 0 Å². The summed E-state index contributed by atoms with van der Waals surface area (Å²) in [5, 5.41) is 2.95. The Hall–Kier alpha value is -2.53. The van der Waals surface area contributed by atoms with E-state index in [9.17, 15) is 4.79 Å². The molecule has 1 aliphatic rings. The van der Waals surface area contributed by atoms with E-state index in [0.29, 0.717) is 17.2 Å². The summed E-state index contributed by atoms with van der Waals surface area (Å²) in [7, 11) is 0. The summed E-state index contributed by atoms with van der Waals surface area (Å²) >= 11 is 0. The fourth-order valence-corrected chi connectivity index (χ4v) is 3.45. The molecule has 0 bridgehead atoms. The average molecular weight is 367 g/mol. The molecular weight excluding hydrogens is 336 g/mol. The zero-order valence-electron chi connectivity index (χ0n) is 16.5. The third-order valence-corrected chi connectivity index (χ3v) is 5.29. The summed E-state index contributed by atoms with van der Waals surface area (Å²) in [5.74, 6) is 0.336. The lowest BCUT2D eigenvalue weighted by Crippen LogP contribution is -2.46. The van der Waals surface area contributed by atoms with E-state index in [1.165, 1.54) is 5.56 Å². The molecule has 1 fully saturated rings. The normalized spacial score (nSPS) is 15.2. The molecule has 0 spiro atoms. The molecule has 144 valence electrons. The van der Waals surface area contributed by atoms with E-state index in [2.05, 4.69) is 35.9 Å². The summed E-state index contributed by atoms with van der Waals surface area (Å²) < 4.78 is 0. The van der Waals surface area contributed by atoms with Crippen LogP contribution in [0.15, 0.2) is 42.5 Å². The number of nitrogens with two attached hydrogens (primary N) is 1. The number of amides is 1. The maximum absolute atomic E-state index is 12.5. The van der Waals surface area contributed by atoms with Crippen molar-refractivity contribution in [2.75, 3.05) is 48.7 Å². The van der Waals surface area contributed by atoms with Crippen molar-refractivity contribution in [1.82, 2.24) is 4.90 Å². The third kappa shape index (κ3) is 4.61. The predicted octanol–water partition coefficient (Wildman–Crippen LogP) is 3.79. The maximum atomic E-state index is 12.5. The van der Waals surface area contributed by atoms with Gasteiger partial charge in [-0.3, -0.25) is 4.79 Å². The SMILES string of the molecule is CCN1CCN(c2ccc(NC(=O)c3ccc(C(C)C)cc3)cc2N)CC1. The number of benzene rings is 2. The van der Waals surface area contributed by atoms with Crippen LogP contribution in [-0.4, -0.2) is 43.5 Å². The summed E-state index contributed by atoms with van der Waals surface area (Å²) in [5.41, 5.74) is 10.6. The van der Waals surface area contributed by atoms with Gasteiger partial charge in [-0.2, -0.15) is 0 Å². The number of carbonyl (C=O) groups excluding carboxylic acids is 1. The minimum Gasteiger partial charge on any atom is -0.397 e. The fourth-order valence-electron chi connectivity index (χ4n) is 3.45. The number of carbonyl (C=O) groups is 1. The molecule has 1 saturated heterocycles. The summed E-state index contributed by atoms with van der Waals surface area (Å²) in [4.78, 5) is 17.2. The van der Waals surface area contributed by atoms with Crippen LogP contribution in [0.3, 0.4) is 0 Å². The average Bonchev–Trinajstić information content (AvgIpc) is 2.68. The second-order valence-electron chi connectivity index (χ2n) is 7.43. The van der Waals surface area contributed by atoms with E-state index in [1.54, 1.807) is 0 Å². The zero-order valence-corrected chi connectivity index (χ0v) is 16.5. The second-order valence-corrected chi connectivity index (χ2v) is 7.43. The van der Waals surface area contributed by atoms with Gasteiger partial charge in [-0.25, -0.2) is 0 Å². The van der Waals surface area contributed by atoms with Crippen LogP contribution in [0.25, 0.3) is 0 Å². The van der Waals surface area contributed by atoms with Crippen LogP contribution in [-0.2, 0) is 0 Å². The molecule has 5 heteroatoms. The molecule has 0 radical (unpaired) electrons. The number of rotatable bonds is 5. The lowest BCUT2D eigenvalue weighted by Gasteiger charge is -2.36. The first-order valence-corrected chi connectivity index (χ1v) is 9.76. The summed E-state index contributed by atoms with van der Waals surface area (Å²) in [6.45, 7) is 11.6. The molecule has 27 heavy (non-hydrogen) atoms. The quantitative estimate of drug-likeness (QED) is 0.791. The highest BCUT2D eigenvalue weighted by atomic mass is 16.1. The number of nitrogens with zero attached hydrogens (tertiary/aromatic N) is 2. The topological polar surface area (TPSA) is 61.6 Å². The van der Waals surface area contributed by atoms with Crippen LogP contribution in [0, 0.1) is 0 Å². The molecule has 1 amide bonds. The molecule has 2 aromatic rings. The first kappa shape index (κ1) is 19.2.